The van der Waals surface area contributed by atoms with Crippen molar-refractivity contribution in [2.45, 2.75) is 44.6 Å². The number of para-hydroxylation sites is 1. The summed E-state index contributed by atoms with van der Waals surface area (Å²) in [4.78, 5) is 11.4. The number of aryl methyl sites for hydroxylation is 1. The molecule has 0 bridgehead atoms. The van der Waals surface area contributed by atoms with Crippen LogP contribution in [0.4, 0.5) is 5.82 Å². The molecule has 1 N–H and O–H groups in total. The van der Waals surface area contributed by atoms with Crippen LogP contribution in [0.15, 0.2) is 36.7 Å². The first-order valence-corrected chi connectivity index (χ1v) is 9.79. The standard InChI is InChI=1S/C21H28N4O/c1-16-5-2-3-7-20(16)26-18-8-11-25(12-9-18)21-13-19(23-15-24-21)17-6-4-10-22-14-17/h2-3,5,7,13,15,17-18,22H,4,6,8-12,14H2,1H3. The molecule has 1 atom stereocenters. The number of rotatable bonds is 4. The summed E-state index contributed by atoms with van der Waals surface area (Å²) in [6, 6.07) is 10.5. The molecule has 0 radical (unpaired) electrons. The number of aromatic nitrogens is 2. The average molecular weight is 352 g/mol. The van der Waals surface area contributed by atoms with Gasteiger partial charge in [-0.05, 0) is 37.9 Å². The van der Waals surface area contributed by atoms with Crippen molar-refractivity contribution in [2.24, 2.45) is 0 Å². The highest BCUT2D eigenvalue weighted by Gasteiger charge is 2.23. The van der Waals surface area contributed by atoms with Gasteiger partial charge in [-0.1, -0.05) is 18.2 Å². The second-order valence-corrected chi connectivity index (χ2v) is 7.41. The Morgan fingerprint density at radius 3 is 2.73 bits per heavy atom. The van der Waals surface area contributed by atoms with E-state index in [0.29, 0.717) is 5.92 Å². The second kappa shape index (κ2) is 8.04. The Morgan fingerprint density at radius 2 is 1.96 bits per heavy atom. The molecular formula is C21H28N4O. The zero-order valence-corrected chi connectivity index (χ0v) is 15.5. The van der Waals surface area contributed by atoms with E-state index in [0.717, 1.165) is 50.6 Å². The van der Waals surface area contributed by atoms with E-state index in [1.165, 1.54) is 24.1 Å². The molecule has 0 amide bonds. The molecule has 1 unspecified atom stereocenters. The van der Waals surface area contributed by atoms with E-state index in [4.69, 9.17) is 4.74 Å². The van der Waals surface area contributed by atoms with Gasteiger partial charge in [-0.15, -0.1) is 0 Å². The molecule has 5 nitrogen and oxygen atoms in total. The van der Waals surface area contributed by atoms with E-state index in [1.54, 1.807) is 6.33 Å². The Balaban J connectivity index is 1.36. The third kappa shape index (κ3) is 3.98. The fourth-order valence-electron chi connectivity index (χ4n) is 3.93. The molecule has 3 heterocycles. The molecule has 0 spiro atoms. The van der Waals surface area contributed by atoms with Crippen LogP contribution in [0.1, 0.15) is 42.9 Å². The molecule has 138 valence electrons. The maximum atomic E-state index is 6.22. The van der Waals surface area contributed by atoms with Gasteiger partial charge in [-0.2, -0.15) is 0 Å². The van der Waals surface area contributed by atoms with Crippen molar-refractivity contribution in [1.82, 2.24) is 15.3 Å². The van der Waals surface area contributed by atoms with Crippen LogP contribution in [-0.2, 0) is 0 Å². The lowest BCUT2D eigenvalue weighted by Gasteiger charge is -2.33. The number of anilines is 1. The van der Waals surface area contributed by atoms with Crippen LogP contribution >= 0.6 is 0 Å². The topological polar surface area (TPSA) is 50.3 Å². The molecule has 2 aliphatic rings. The molecule has 0 aliphatic carbocycles. The maximum Gasteiger partial charge on any atom is 0.132 e. The van der Waals surface area contributed by atoms with Gasteiger partial charge in [0.2, 0.25) is 0 Å². The van der Waals surface area contributed by atoms with Crippen molar-refractivity contribution in [3.63, 3.8) is 0 Å². The van der Waals surface area contributed by atoms with Gasteiger partial charge in [0.05, 0.1) is 5.69 Å². The lowest BCUT2D eigenvalue weighted by Crippen LogP contribution is -2.39. The minimum atomic E-state index is 0.288. The smallest absolute Gasteiger partial charge is 0.132 e. The van der Waals surface area contributed by atoms with Crippen molar-refractivity contribution in [3.05, 3.63) is 47.9 Å². The number of nitrogens with one attached hydrogen (secondary N) is 1. The number of benzene rings is 1. The number of hydrogen-bond donors (Lipinski definition) is 1. The lowest BCUT2D eigenvalue weighted by molar-refractivity contribution is 0.169. The normalized spacial score (nSPS) is 21.6. The molecule has 2 aromatic rings. The van der Waals surface area contributed by atoms with Gasteiger partial charge in [0.1, 0.15) is 24.0 Å². The van der Waals surface area contributed by atoms with Crippen LogP contribution in [0.5, 0.6) is 5.75 Å². The summed E-state index contributed by atoms with van der Waals surface area (Å²) in [6.45, 7) is 6.23. The van der Waals surface area contributed by atoms with E-state index >= 15 is 0 Å². The quantitative estimate of drug-likeness (QED) is 0.915. The molecule has 1 aromatic carbocycles. The third-order valence-electron chi connectivity index (χ3n) is 5.54. The Bertz CT molecular complexity index is 721. The Labute approximate surface area is 155 Å². The largest absolute Gasteiger partial charge is 0.490 e. The molecule has 5 heteroatoms. The number of piperidine rings is 2. The summed E-state index contributed by atoms with van der Waals surface area (Å²) in [6.07, 6.45) is 6.52. The zero-order chi connectivity index (χ0) is 17.8. The summed E-state index contributed by atoms with van der Waals surface area (Å²) < 4.78 is 6.22. The van der Waals surface area contributed by atoms with Crippen LogP contribution in [0.25, 0.3) is 0 Å². The second-order valence-electron chi connectivity index (χ2n) is 7.41. The predicted octanol–water partition coefficient (Wildman–Crippen LogP) is 3.30. The van der Waals surface area contributed by atoms with Crippen molar-refractivity contribution < 1.29 is 4.74 Å². The lowest BCUT2D eigenvalue weighted by atomic mass is 9.96. The highest BCUT2D eigenvalue weighted by molar-refractivity contribution is 5.40. The van der Waals surface area contributed by atoms with E-state index in [9.17, 15) is 0 Å². The average Bonchev–Trinajstić information content (AvgIpc) is 2.71. The van der Waals surface area contributed by atoms with E-state index < -0.39 is 0 Å². The Hall–Kier alpha value is -2.14. The number of hydrogen-bond acceptors (Lipinski definition) is 5. The van der Waals surface area contributed by atoms with Gasteiger partial charge in [0, 0.05) is 44.5 Å². The SMILES string of the molecule is Cc1ccccc1OC1CCN(c2cc(C3CCCNC3)ncn2)CC1. The van der Waals surface area contributed by atoms with Crippen LogP contribution in [0, 0.1) is 6.92 Å². The highest BCUT2D eigenvalue weighted by Crippen LogP contribution is 2.27. The molecule has 2 fully saturated rings. The van der Waals surface area contributed by atoms with Crippen LogP contribution in [-0.4, -0.2) is 42.3 Å². The molecule has 2 aliphatic heterocycles. The van der Waals surface area contributed by atoms with Crippen LogP contribution in [0.2, 0.25) is 0 Å². The van der Waals surface area contributed by atoms with Gasteiger partial charge < -0.3 is 15.0 Å². The zero-order valence-electron chi connectivity index (χ0n) is 15.5. The van der Waals surface area contributed by atoms with E-state index in [1.807, 2.05) is 6.07 Å². The minimum absolute atomic E-state index is 0.288. The molecule has 0 saturated carbocycles. The number of nitrogens with zero attached hydrogens (tertiary/aromatic N) is 3. The first-order chi connectivity index (χ1) is 12.8. The van der Waals surface area contributed by atoms with Crippen LogP contribution < -0.4 is 15.0 Å². The summed E-state index contributed by atoms with van der Waals surface area (Å²) >= 11 is 0. The number of ether oxygens (including phenoxy) is 1. The minimum Gasteiger partial charge on any atom is -0.490 e. The molecule has 2 saturated heterocycles. The maximum absolute atomic E-state index is 6.22. The van der Waals surface area contributed by atoms with Crippen molar-refractivity contribution >= 4 is 5.82 Å². The molecule has 4 rings (SSSR count). The predicted molar refractivity (Wildman–Crippen MR) is 104 cm³/mol. The van der Waals surface area contributed by atoms with Gasteiger partial charge in [0.25, 0.3) is 0 Å². The monoisotopic (exact) mass is 352 g/mol. The summed E-state index contributed by atoms with van der Waals surface area (Å²) in [5.74, 6) is 2.60. The fourth-order valence-corrected chi connectivity index (χ4v) is 3.93. The first kappa shape index (κ1) is 17.3. The third-order valence-corrected chi connectivity index (χ3v) is 5.54. The summed E-state index contributed by atoms with van der Waals surface area (Å²) in [7, 11) is 0. The summed E-state index contributed by atoms with van der Waals surface area (Å²) in [5, 5.41) is 3.48. The highest BCUT2D eigenvalue weighted by atomic mass is 16.5. The Morgan fingerprint density at radius 1 is 1.12 bits per heavy atom. The Kier molecular flexibility index (Phi) is 5.34. The van der Waals surface area contributed by atoms with E-state index in [2.05, 4.69) is 51.4 Å². The molecular weight excluding hydrogens is 324 g/mol. The van der Waals surface area contributed by atoms with Crippen molar-refractivity contribution in [1.29, 1.82) is 0 Å². The summed E-state index contributed by atoms with van der Waals surface area (Å²) in [5.41, 5.74) is 2.39. The van der Waals surface area contributed by atoms with Crippen LogP contribution in [0.3, 0.4) is 0 Å². The van der Waals surface area contributed by atoms with Gasteiger partial charge in [0.15, 0.2) is 0 Å². The first-order valence-electron chi connectivity index (χ1n) is 9.79. The van der Waals surface area contributed by atoms with Gasteiger partial charge in [-0.25, -0.2) is 9.97 Å². The van der Waals surface area contributed by atoms with Crippen molar-refractivity contribution in [3.8, 4) is 5.75 Å². The molecule has 1 aromatic heterocycles. The van der Waals surface area contributed by atoms with E-state index in [-0.39, 0.29) is 6.10 Å². The molecule has 26 heavy (non-hydrogen) atoms. The van der Waals surface area contributed by atoms with Gasteiger partial charge in [-0.3, -0.25) is 0 Å². The fraction of sp³-hybridized carbons (Fsp3) is 0.524. The van der Waals surface area contributed by atoms with Gasteiger partial charge >= 0.3 is 0 Å². The van der Waals surface area contributed by atoms with Crippen molar-refractivity contribution in [2.75, 3.05) is 31.1 Å².